The van der Waals surface area contributed by atoms with Crippen molar-refractivity contribution in [1.82, 2.24) is 9.62 Å². The maximum Gasteiger partial charge on any atom is 0.245 e. The molecule has 1 atom stereocenters. The molecule has 0 aromatic heterocycles. The molecule has 0 saturated carbocycles. The van der Waals surface area contributed by atoms with Crippen LogP contribution in [0.5, 0.6) is 0 Å². The number of rotatable bonds is 10. The summed E-state index contributed by atoms with van der Waals surface area (Å²) in [5, 5.41) is 3.22. The number of sulfonamides is 1. The molecule has 0 amide bonds. The predicted octanol–water partition coefficient (Wildman–Crippen LogP) is 2.57. The monoisotopic (exact) mass is 380 g/mol. The molecule has 1 N–H and O–H groups in total. The van der Waals surface area contributed by atoms with E-state index in [9.17, 15) is 13.2 Å². The van der Waals surface area contributed by atoms with Gasteiger partial charge in [-0.25, -0.2) is 8.42 Å². The Morgan fingerprint density at radius 2 is 2.04 bits per heavy atom. The SMILES string of the molecule is C=CCNCCC1(CCC)OCCN1S(=O)(=O)c1ccc(C(C)=O)cc1. The summed E-state index contributed by atoms with van der Waals surface area (Å²) in [5.41, 5.74) is -0.337. The Labute approximate surface area is 156 Å². The summed E-state index contributed by atoms with van der Waals surface area (Å²) >= 11 is 0. The molecular weight excluding hydrogens is 352 g/mol. The minimum absolute atomic E-state index is 0.0907. The van der Waals surface area contributed by atoms with Gasteiger partial charge in [-0.3, -0.25) is 4.79 Å². The van der Waals surface area contributed by atoms with Crippen molar-refractivity contribution in [1.29, 1.82) is 0 Å². The number of hydrogen-bond donors (Lipinski definition) is 1. The Bertz CT molecular complexity index is 730. The number of nitrogens with zero attached hydrogens (tertiary/aromatic N) is 1. The lowest BCUT2D eigenvalue weighted by Crippen LogP contribution is -2.49. The van der Waals surface area contributed by atoms with Gasteiger partial charge in [0.25, 0.3) is 0 Å². The van der Waals surface area contributed by atoms with Crippen LogP contribution in [0.3, 0.4) is 0 Å². The summed E-state index contributed by atoms with van der Waals surface area (Å²) in [6.07, 6.45) is 3.79. The fourth-order valence-electron chi connectivity index (χ4n) is 3.32. The first-order valence-electron chi connectivity index (χ1n) is 8.97. The number of carbonyl (C=O) groups is 1. The van der Waals surface area contributed by atoms with Crippen LogP contribution in [0.25, 0.3) is 0 Å². The van der Waals surface area contributed by atoms with E-state index in [2.05, 4.69) is 11.9 Å². The summed E-state index contributed by atoms with van der Waals surface area (Å²) in [4.78, 5) is 11.6. The molecule has 26 heavy (non-hydrogen) atoms. The second-order valence-electron chi connectivity index (χ2n) is 6.45. The first-order chi connectivity index (χ1) is 12.4. The average molecular weight is 381 g/mol. The van der Waals surface area contributed by atoms with Crippen molar-refractivity contribution in [3.8, 4) is 0 Å². The lowest BCUT2D eigenvalue weighted by Gasteiger charge is -2.36. The van der Waals surface area contributed by atoms with E-state index in [1.165, 1.54) is 23.4 Å². The van der Waals surface area contributed by atoms with Crippen molar-refractivity contribution >= 4 is 15.8 Å². The fourth-order valence-corrected chi connectivity index (χ4v) is 5.04. The van der Waals surface area contributed by atoms with Gasteiger partial charge >= 0.3 is 0 Å². The molecule has 1 aliphatic heterocycles. The normalized spacial score (nSPS) is 21.0. The molecule has 6 nitrogen and oxygen atoms in total. The van der Waals surface area contributed by atoms with Gasteiger partial charge in [-0.2, -0.15) is 4.31 Å². The molecule has 1 aliphatic rings. The Morgan fingerprint density at radius 1 is 1.35 bits per heavy atom. The minimum Gasteiger partial charge on any atom is -0.358 e. The molecule has 1 fully saturated rings. The Balaban J connectivity index is 2.28. The van der Waals surface area contributed by atoms with Crippen molar-refractivity contribution in [2.24, 2.45) is 0 Å². The van der Waals surface area contributed by atoms with E-state index in [-0.39, 0.29) is 10.7 Å². The lowest BCUT2D eigenvalue weighted by molar-refractivity contribution is -0.0617. The van der Waals surface area contributed by atoms with Crippen molar-refractivity contribution < 1.29 is 17.9 Å². The summed E-state index contributed by atoms with van der Waals surface area (Å²) in [6, 6.07) is 6.10. The van der Waals surface area contributed by atoms with Crippen LogP contribution in [0.4, 0.5) is 0 Å². The minimum atomic E-state index is -3.70. The molecule has 1 unspecified atom stereocenters. The van der Waals surface area contributed by atoms with Gasteiger partial charge in [0.15, 0.2) is 5.78 Å². The number of nitrogens with one attached hydrogen (secondary N) is 1. The first kappa shape index (κ1) is 20.8. The van der Waals surface area contributed by atoms with E-state index in [4.69, 9.17) is 4.74 Å². The third-order valence-corrected chi connectivity index (χ3v) is 6.55. The maximum atomic E-state index is 13.2. The molecule has 1 saturated heterocycles. The van der Waals surface area contributed by atoms with Gasteiger partial charge in [-0.1, -0.05) is 31.6 Å². The summed E-state index contributed by atoms with van der Waals surface area (Å²) in [6.45, 7) is 9.17. The van der Waals surface area contributed by atoms with E-state index in [1.807, 2.05) is 6.92 Å². The number of hydrogen-bond acceptors (Lipinski definition) is 5. The number of carbonyl (C=O) groups excluding carboxylic acids is 1. The number of Topliss-reactive ketones (excluding diaryl/α,β-unsaturated/α-hetero) is 1. The molecule has 1 heterocycles. The van der Waals surface area contributed by atoms with Gasteiger partial charge in [0.1, 0.15) is 5.72 Å². The Hall–Kier alpha value is -1.54. The van der Waals surface area contributed by atoms with Crippen LogP contribution in [0.1, 0.15) is 43.5 Å². The fraction of sp³-hybridized carbons (Fsp3) is 0.526. The van der Waals surface area contributed by atoms with E-state index in [0.717, 1.165) is 6.42 Å². The van der Waals surface area contributed by atoms with Gasteiger partial charge in [0.2, 0.25) is 10.0 Å². The van der Waals surface area contributed by atoms with Crippen LogP contribution >= 0.6 is 0 Å². The smallest absolute Gasteiger partial charge is 0.245 e. The predicted molar refractivity (Wildman–Crippen MR) is 102 cm³/mol. The van der Waals surface area contributed by atoms with Crippen LogP contribution in [0.2, 0.25) is 0 Å². The molecule has 2 rings (SSSR count). The first-order valence-corrected chi connectivity index (χ1v) is 10.4. The molecular formula is C19H28N2O4S. The van der Waals surface area contributed by atoms with E-state index in [1.54, 1.807) is 18.2 Å². The molecule has 144 valence electrons. The average Bonchev–Trinajstić information content (AvgIpc) is 3.04. The Morgan fingerprint density at radius 3 is 2.62 bits per heavy atom. The molecule has 1 aromatic rings. The van der Waals surface area contributed by atoms with Crippen molar-refractivity contribution in [2.75, 3.05) is 26.2 Å². The molecule has 0 bridgehead atoms. The number of ketones is 1. The zero-order valence-corrected chi connectivity index (χ0v) is 16.3. The lowest BCUT2D eigenvalue weighted by atomic mass is 10.0. The molecule has 1 aromatic carbocycles. The summed E-state index contributed by atoms with van der Waals surface area (Å²) in [7, 11) is -3.70. The highest BCUT2D eigenvalue weighted by atomic mass is 32.2. The summed E-state index contributed by atoms with van der Waals surface area (Å²) < 4.78 is 33.9. The van der Waals surface area contributed by atoms with E-state index >= 15 is 0 Å². The van der Waals surface area contributed by atoms with Crippen LogP contribution in [0, 0.1) is 0 Å². The second kappa shape index (κ2) is 8.90. The maximum absolute atomic E-state index is 13.2. The van der Waals surface area contributed by atoms with Crippen molar-refractivity contribution in [3.05, 3.63) is 42.5 Å². The molecule has 7 heteroatoms. The topological polar surface area (TPSA) is 75.7 Å². The van der Waals surface area contributed by atoms with Crippen molar-refractivity contribution in [3.63, 3.8) is 0 Å². The van der Waals surface area contributed by atoms with Crippen LogP contribution < -0.4 is 5.32 Å². The number of ether oxygens (including phenoxy) is 1. The van der Waals surface area contributed by atoms with Gasteiger partial charge in [0, 0.05) is 25.1 Å². The Kier molecular flexibility index (Phi) is 7.11. The molecule has 0 spiro atoms. The zero-order chi connectivity index (χ0) is 19.2. The third-order valence-electron chi connectivity index (χ3n) is 4.59. The highest BCUT2D eigenvalue weighted by molar-refractivity contribution is 7.89. The quantitative estimate of drug-likeness (QED) is 0.384. The van der Waals surface area contributed by atoms with Gasteiger partial charge < -0.3 is 10.1 Å². The standard InChI is InChI=1S/C19H28N2O4S/c1-4-10-19(11-13-20-12-5-2)21(14-15-25-19)26(23,24)18-8-6-17(7-9-18)16(3)22/h5-9,20H,2,4,10-15H2,1,3H3. The third kappa shape index (κ3) is 4.40. The molecule has 0 aliphatic carbocycles. The highest BCUT2D eigenvalue weighted by Gasteiger charge is 2.47. The molecule has 0 radical (unpaired) electrons. The van der Waals surface area contributed by atoms with Gasteiger partial charge in [-0.05, 0) is 32.0 Å². The zero-order valence-electron chi connectivity index (χ0n) is 15.5. The summed E-state index contributed by atoms with van der Waals surface area (Å²) in [5.74, 6) is -0.0907. The van der Waals surface area contributed by atoms with Crippen LogP contribution in [-0.2, 0) is 14.8 Å². The van der Waals surface area contributed by atoms with Crippen LogP contribution in [0.15, 0.2) is 41.8 Å². The largest absolute Gasteiger partial charge is 0.358 e. The second-order valence-corrected chi connectivity index (χ2v) is 8.31. The van der Waals surface area contributed by atoms with Crippen LogP contribution in [-0.4, -0.2) is 50.5 Å². The van der Waals surface area contributed by atoms with Gasteiger partial charge in [0.05, 0.1) is 11.5 Å². The van der Waals surface area contributed by atoms with E-state index < -0.39 is 15.7 Å². The van der Waals surface area contributed by atoms with E-state index in [0.29, 0.717) is 44.6 Å². The van der Waals surface area contributed by atoms with Crippen molar-refractivity contribution in [2.45, 2.75) is 43.7 Å². The number of benzene rings is 1. The van der Waals surface area contributed by atoms with Gasteiger partial charge in [-0.15, -0.1) is 6.58 Å². The highest BCUT2D eigenvalue weighted by Crippen LogP contribution is 2.36.